The number of methoxy groups -OCH3 is 1. The van der Waals surface area contributed by atoms with Gasteiger partial charge in [0.05, 0.1) is 24.9 Å². The van der Waals surface area contributed by atoms with Crippen molar-refractivity contribution in [2.45, 2.75) is 51.4 Å². The Morgan fingerprint density at radius 3 is 2.34 bits per heavy atom. The van der Waals surface area contributed by atoms with E-state index in [9.17, 15) is 32.7 Å². The molecular formula is C28H29ClF3NO7S. The Morgan fingerprint density at radius 2 is 1.76 bits per heavy atom. The molecule has 0 aliphatic heterocycles. The van der Waals surface area contributed by atoms with E-state index < -0.39 is 36.0 Å². The number of nitrogens with zero attached hydrogens (tertiary/aromatic N) is 1. The average Bonchev–Trinajstić information content (AvgIpc) is 3.33. The van der Waals surface area contributed by atoms with E-state index >= 15 is 0 Å². The number of alkyl halides is 3. The number of pyridine rings is 1. The minimum absolute atomic E-state index is 0.0775. The number of ketones is 1. The van der Waals surface area contributed by atoms with Crippen LogP contribution in [-0.2, 0) is 16.0 Å². The topological polar surface area (TPSA) is 104 Å². The predicted molar refractivity (Wildman–Crippen MR) is 149 cm³/mol. The molecule has 0 bridgehead atoms. The van der Waals surface area contributed by atoms with Crippen LogP contribution in [0.3, 0.4) is 0 Å². The summed E-state index contributed by atoms with van der Waals surface area (Å²) in [4.78, 5) is 38.8. The highest BCUT2D eigenvalue weighted by Gasteiger charge is 2.30. The molecule has 8 nitrogen and oxygen atoms in total. The van der Waals surface area contributed by atoms with Crippen molar-refractivity contribution in [2.24, 2.45) is 0 Å². The van der Waals surface area contributed by atoms with Crippen LogP contribution in [0.4, 0.5) is 13.2 Å². The fourth-order valence-electron chi connectivity index (χ4n) is 3.95. The number of ether oxygens (including phenoxy) is 3. The zero-order valence-electron chi connectivity index (χ0n) is 22.7. The lowest BCUT2D eigenvalue weighted by molar-refractivity contribution is -0.153. The SMILES string of the molecule is COc1cn([C@@H](CCOC(C)(C)C)C(=O)Cc2ccc(C(=O)O)s2)c(=O)cc1-c1cc(Cl)ccc1OCC(F)(F)F. The number of rotatable bonds is 12. The van der Waals surface area contributed by atoms with Crippen molar-refractivity contribution in [1.82, 2.24) is 4.57 Å². The molecule has 0 spiro atoms. The number of Topliss-reactive ketones (excluding diaryl/α,β-unsaturated/α-hetero) is 1. The van der Waals surface area contributed by atoms with Crippen LogP contribution in [0.2, 0.25) is 5.02 Å². The summed E-state index contributed by atoms with van der Waals surface area (Å²) >= 11 is 7.07. The van der Waals surface area contributed by atoms with E-state index in [1.807, 2.05) is 20.8 Å². The molecule has 0 unspecified atom stereocenters. The van der Waals surface area contributed by atoms with Gasteiger partial charge < -0.3 is 23.9 Å². The lowest BCUT2D eigenvalue weighted by Crippen LogP contribution is -2.32. The monoisotopic (exact) mass is 615 g/mol. The highest BCUT2D eigenvalue weighted by atomic mass is 35.5. The van der Waals surface area contributed by atoms with E-state index in [0.717, 1.165) is 17.4 Å². The van der Waals surface area contributed by atoms with E-state index in [0.29, 0.717) is 4.88 Å². The normalized spacial score (nSPS) is 12.7. The van der Waals surface area contributed by atoms with Gasteiger partial charge in [0, 0.05) is 40.1 Å². The van der Waals surface area contributed by atoms with Crippen molar-refractivity contribution < 1.29 is 42.1 Å². The summed E-state index contributed by atoms with van der Waals surface area (Å²) in [5.41, 5.74) is -0.922. The van der Waals surface area contributed by atoms with E-state index in [-0.39, 0.29) is 57.8 Å². The van der Waals surface area contributed by atoms with Crippen molar-refractivity contribution in [1.29, 1.82) is 0 Å². The fourth-order valence-corrected chi connectivity index (χ4v) is 4.98. The molecule has 1 N–H and O–H groups in total. The van der Waals surface area contributed by atoms with Crippen molar-refractivity contribution in [3.63, 3.8) is 0 Å². The molecule has 41 heavy (non-hydrogen) atoms. The highest BCUT2D eigenvalue weighted by molar-refractivity contribution is 7.14. The number of thiophene rings is 1. The maximum absolute atomic E-state index is 13.5. The molecule has 1 atom stereocenters. The second kappa shape index (κ2) is 13.1. The second-order valence-electron chi connectivity index (χ2n) is 10.0. The highest BCUT2D eigenvalue weighted by Crippen LogP contribution is 2.38. The summed E-state index contributed by atoms with van der Waals surface area (Å²) in [6, 6.07) is 7.05. The molecule has 13 heteroatoms. The van der Waals surface area contributed by atoms with Gasteiger partial charge in [-0.15, -0.1) is 11.3 Å². The van der Waals surface area contributed by atoms with Crippen LogP contribution in [0.5, 0.6) is 11.5 Å². The molecule has 2 heterocycles. The zero-order chi connectivity index (χ0) is 30.5. The number of aromatic nitrogens is 1. The molecule has 222 valence electrons. The van der Waals surface area contributed by atoms with Gasteiger partial charge in [-0.05, 0) is 57.5 Å². The fraction of sp³-hybridized carbons (Fsp3) is 0.393. The molecule has 0 saturated carbocycles. The van der Waals surface area contributed by atoms with Crippen LogP contribution >= 0.6 is 22.9 Å². The van der Waals surface area contributed by atoms with E-state index in [1.54, 1.807) is 6.07 Å². The van der Waals surface area contributed by atoms with Crippen LogP contribution in [0, 0.1) is 0 Å². The molecule has 0 radical (unpaired) electrons. The van der Waals surface area contributed by atoms with Crippen LogP contribution in [0.1, 0.15) is 47.8 Å². The third-order valence-electron chi connectivity index (χ3n) is 5.74. The smallest absolute Gasteiger partial charge is 0.422 e. The molecule has 2 aromatic heterocycles. The summed E-state index contributed by atoms with van der Waals surface area (Å²) in [6.45, 7) is 4.10. The van der Waals surface area contributed by atoms with Gasteiger partial charge in [-0.3, -0.25) is 9.59 Å². The lowest BCUT2D eigenvalue weighted by Gasteiger charge is -2.24. The number of carbonyl (C=O) groups excluding carboxylic acids is 1. The van der Waals surface area contributed by atoms with Gasteiger partial charge in [0.1, 0.15) is 16.4 Å². The Morgan fingerprint density at radius 1 is 1.07 bits per heavy atom. The Bertz CT molecular complexity index is 1460. The summed E-state index contributed by atoms with van der Waals surface area (Å²) < 4.78 is 56.0. The number of carbonyl (C=O) groups is 2. The number of hydrogen-bond acceptors (Lipinski definition) is 7. The molecule has 3 rings (SSSR count). The van der Waals surface area contributed by atoms with Crippen molar-refractivity contribution >= 4 is 34.7 Å². The van der Waals surface area contributed by atoms with Gasteiger partial charge in [-0.25, -0.2) is 4.79 Å². The molecule has 1 aromatic carbocycles. The Hall–Kier alpha value is -3.35. The Balaban J connectivity index is 2.04. The van der Waals surface area contributed by atoms with Crippen LogP contribution in [0.25, 0.3) is 11.1 Å². The summed E-state index contributed by atoms with van der Waals surface area (Å²) in [5, 5.41) is 9.40. The third kappa shape index (κ3) is 9.07. The van der Waals surface area contributed by atoms with Gasteiger partial charge in [0.2, 0.25) is 0 Å². The van der Waals surface area contributed by atoms with Gasteiger partial charge >= 0.3 is 12.1 Å². The van der Waals surface area contributed by atoms with Gasteiger partial charge in [0.25, 0.3) is 5.56 Å². The van der Waals surface area contributed by atoms with Gasteiger partial charge in [0.15, 0.2) is 12.4 Å². The molecule has 3 aromatic rings. The van der Waals surface area contributed by atoms with Gasteiger partial charge in [-0.2, -0.15) is 13.2 Å². The minimum Gasteiger partial charge on any atom is -0.495 e. The predicted octanol–water partition coefficient (Wildman–Crippen LogP) is 6.44. The third-order valence-corrected chi connectivity index (χ3v) is 7.05. The molecular weight excluding hydrogens is 587 g/mol. The summed E-state index contributed by atoms with van der Waals surface area (Å²) in [5.74, 6) is -1.56. The molecule has 0 aliphatic rings. The molecule has 0 saturated heterocycles. The quantitative estimate of drug-likeness (QED) is 0.250. The first kappa shape index (κ1) is 32.2. The number of aromatic carboxylic acids is 1. The van der Waals surface area contributed by atoms with Crippen LogP contribution < -0.4 is 15.0 Å². The largest absolute Gasteiger partial charge is 0.495 e. The molecule has 0 fully saturated rings. The molecule has 0 amide bonds. The average molecular weight is 616 g/mol. The van der Waals surface area contributed by atoms with Crippen LogP contribution in [0.15, 0.2) is 47.4 Å². The number of carboxylic acid groups (broad SMARTS) is 1. The maximum Gasteiger partial charge on any atom is 0.422 e. The lowest BCUT2D eigenvalue weighted by atomic mass is 10.0. The zero-order valence-corrected chi connectivity index (χ0v) is 24.3. The second-order valence-corrected chi connectivity index (χ2v) is 11.6. The van der Waals surface area contributed by atoms with Crippen molar-refractivity contribution in [3.8, 4) is 22.6 Å². The van der Waals surface area contributed by atoms with E-state index in [2.05, 4.69) is 0 Å². The van der Waals surface area contributed by atoms with Crippen molar-refractivity contribution in [2.75, 3.05) is 20.3 Å². The summed E-state index contributed by atoms with van der Waals surface area (Å²) in [7, 11) is 1.31. The first-order valence-corrected chi connectivity index (χ1v) is 13.6. The molecule has 0 aliphatic carbocycles. The first-order valence-electron chi connectivity index (χ1n) is 12.4. The van der Waals surface area contributed by atoms with E-state index in [4.69, 9.17) is 25.8 Å². The number of benzene rings is 1. The van der Waals surface area contributed by atoms with Crippen molar-refractivity contribution in [3.05, 3.63) is 67.7 Å². The Labute approximate surface area is 243 Å². The van der Waals surface area contributed by atoms with Gasteiger partial charge in [-0.1, -0.05) is 11.6 Å². The summed E-state index contributed by atoms with van der Waals surface area (Å²) in [6.07, 6.45) is -3.30. The maximum atomic E-state index is 13.5. The number of carboxylic acids is 1. The van der Waals surface area contributed by atoms with Crippen LogP contribution in [-0.4, -0.2) is 53.5 Å². The standard InChI is InChI=1S/C28H29ClF3NO7S/c1-27(2,3)40-10-9-20(21(34)12-17-6-8-24(41-17)26(36)37)33-14-23(38-4)19(13-25(33)35)18-11-16(29)5-7-22(18)39-15-28(30,31)32/h5-8,11,13-14,20H,9-10,12,15H2,1-4H3,(H,36,37)/t20-/m0/s1. The Kier molecular flexibility index (Phi) is 10.3. The number of halogens is 4. The minimum atomic E-state index is -4.60. The first-order chi connectivity index (χ1) is 19.1. The van der Waals surface area contributed by atoms with E-state index in [1.165, 1.54) is 42.1 Å². The number of hydrogen-bond donors (Lipinski definition) is 1.